The summed E-state index contributed by atoms with van der Waals surface area (Å²) in [7, 11) is 6.61. The Morgan fingerprint density at radius 3 is 1.50 bits per heavy atom. The molecule has 0 aromatic carbocycles. The normalized spacial score (nSPS) is 11.4. The Hall–Kier alpha value is -2.74. The van der Waals surface area contributed by atoms with Crippen molar-refractivity contribution < 1.29 is 0 Å². The van der Waals surface area contributed by atoms with Crippen LogP contribution in [0.3, 0.4) is 0 Å². The van der Waals surface area contributed by atoms with Crippen LogP contribution in [0.1, 0.15) is 13.8 Å². The maximum absolute atomic E-state index is 4.45. The van der Waals surface area contributed by atoms with E-state index in [4.69, 9.17) is 0 Å². The third-order valence-corrected chi connectivity index (χ3v) is 6.34. The number of hydrogen-bond donors (Lipinski definition) is 0. The van der Waals surface area contributed by atoms with E-state index in [1.165, 1.54) is 9.59 Å². The summed E-state index contributed by atoms with van der Waals surface area (Å²) in [5.41, 5.74) is 1.68. The number of nitrogens with zero attached hydrogens (tertiary/aromatic N) is 12. The standard InChI is InChI=1S/C14H18N12S2/c1-5-25-13(9(7-15-25)11-17-21-23(3)19-11)27-28-14-10(8-16-26(14)6-2)12-18-22-24(4)20-12/h7-8H,5-6H2,1-4H3. The molecule has 0 unspecified atom stereocenters. The lowest BCUT2D eigenvalue weighted by Gasteiger charge is -2.08. The second kappa shape index (κ2) is 7.71. The van der Waals surface area contributed by atoms with E-state index < -0.39 is 0 Å². The molecular weight excluding hydrogens is 400 g/mol. The molecule has 0 radical (unpaired) electrons. The van der Waals surface area contributed by atoms with E-state index in [9.17, 15) is 0 Å². The molecule has 146 valence electrons. The van der Waals surface area contributed by atoms with Crippen LogP contribution in [0.5, 0.6) is 0 Å². The summed E-state index contributed by atoms with van der Waals surface area (Å²) in [6.45, 7) is 5.55. The first-order chi connectivity index (χ1) is 13.6. The van der Waals surface area contributed by atoms with Gasteiger partial charge < -0.3 is 0 Å². The van der Waals surface area contributed by atoms with Crippen molar-refractivity contribution in [3.63, 3.8) is 0 Å². The lowest BCUT2D eigenvalue weighted by atomic mass is 10.3. The van der Waals surface area contributed by atoms with Crippen LogP contribution in [0.2, 0.25) is 0 Å². The first-order valence-electron chi connectivity index (χ1n) is 8.55. The third kappa shape index (κ3) is 3.40. The molecule has 12 nitrogen and oxygen atoms in total. The fourth-order valence-corrected chi connectivity index (χ4v) is 5.22. The smallest absolute Gasteiger partial charge is 0.209 e. The molecule has 0 aliphatic carbocycles. The summed E-state index contributed by atoms with van der Waals surface area (Å²) in [6.07, 6.45) is 3.54. The lowest BCUT2D eigenvalue weighted by Crippen LogP contribution is -2.00. The highest BCUT2D eigenvalue weighted by Gasteiger charge is 2.21. The fourth-order valence-electron chi connectivity index (χ4n) is 2.54. The largest absolute Gasteiger partial charge is 0.258 e. The van der Waals surface area contributed by atoms with Crippen molar-refractivity contribution >= 4 is 21.6 Å². The van der Waals surface area contributed by atoms with Gasteiger partial charge in [-0.25, -0.2) is 0 Å². The van der Waals surface area contributed by atoms with E-state index in [2.05, 4.69) is 41.0 Å². The average Bonchev–Trinajstić information content (AvgIpc) is 3.45. The van der Waals surface area contributed by atoms with Crippen LogP contribution in [0.4, 0.5) is 0 Å². The quantitative estimate of drug-likeness (QED) is 0.406. The zero-order valence-corrected chi connectivity index (χ0v) is 17.4. The van der Waals surface area contributed by atoms with Gasteiger partial charge in [-0.2, -0.15) is 19.8 Å². The molecule has 0 amide bonds. The van der Waals surface area contributed by atoms with E-state index in [-0.39, 0.29) is 0 Å². The van der Waals surface area contributed by atoms with E-state index in [1.807, 2.05) is 23.2 Å². The van der Waals surface area contributed by atoms with Gasteiger partial charge in [0.25, 0.3) is 0 Å². The van der Waals surface area contributed by atoms with Gasteiger partial charge in [0.15, 0.2) is 0 Å². The summed E-state index contributed by atoms with van der Waals surface area (Å²) >= 11 is 0. The minimum Gasteiger partial charge on any atom is -0.258 e. The van der Waals surface area contributed by atoms with Crippen molar-refractivity contribution in [1.29, 1.82) is 0 Å². The van der Waals surface area contributed by atoms with E-state index in [0.717, 1.165) is 34.3 Å². The molecule has 0 bridgehead atoms. The fraction of sp³-hybridized carbons (Fsp3) is 0.429. The van der Waals surface area contributed by atoms with Crippen LogP contribution >= 0.6 is 21.6 Å². The molecule has 14 heteroatoms. The van der Waals surface area contributed by atoms with Gasteiger partial charge in [-0.15, -0.1) is 20.4 Å². The molecule has 4 heterocycles. The third-order valence-electron chi connectivity index (χ3n) is 3.88. The maximum Gasteiger partial charge on any atom is 0.209 e. The first kappa shape index (κ1) is 18.6. The molecule has 0 saturated carbocycles. The summed E-state index contributed by atoms with van der Waals surface area (Å²) < 4.78 is 3.83. The maximum atomic E-state index is 4.45. The SMILES string of the molecule is CCn1ncc(-c2nnn(C)n2)c1SSc1c(-c2nnn(C)n2)cnn1CC. The minimum atomic E-state index is 0.546. The average molecular weight is 419 g/mol. The highest BCUT2D eigenvalue weighted by Crippen LogP contribution is 2.44. The molecule has 0 fully saturated rings. The topological polar surface area (TPSA) is 123 Å². The van der Waals surface area contributed by atoms with Crippen molar-refractivity contribution in [3.05, 3.63) is 12.4 Å². The van der Waals surface area contributed by atoms with Crippen LogP contribution in [-0.2, 0) is 27.2 Å². The highest BCUT2D eigenvalue weighted by molar-refractivity contribution is 8.76. The Bertz CT molecular complexity index is 1000. The van der Waals surface area contributed by atoms with Crippen LogP contribution < -0.4 is 0 Å². The van der Waals surface area contributed by atoms with Gasteiger partial charge in [-0.05, 0) is 45.9 Å². The highest BCUT2D eigenvalue weighted by atomic mass is 33.1. The monoisotopic (exact) mass is 418 g/mol. The number of tetrazole rings is 2. The van der Waals surface area contributed by atoms with Gasteiger partial charge in [0.05, 0.1) is 37.6 Å². The molecule has 4 rings (SSSR count). The zero-order chi connectivity index (χ0) is 19.7. The Morgan fingerprint density at radius 2 is 1.18 bits per heavy atom. The number of rotatable bonds is 7. The van der Waals surface area contributed by atoms with E-state index in [0.29, 0.717) is 11.6 Å². The molecule has 4 aromatic heterocycles. The molecule has 0 spiro atoms. The lowest BCUT2D eigenvalue weighted by molar-refractivity contribution is 0.605. The predicted octanol–water partition coefficient (Wildman–Crippen LogP) is 1.30. The van der Waals surface area contributed by atoms with Crippen LogP contribution in [0.15, 0.2) is 22.4 Å². The minimum absolute atomic E-state index is 0.546. The first-order valence-corrected chi connectivity index (χ1v) is 10.7. The van der Waals surface area contributed by atoms with Crippen molar-refractivity contribution in [1.82, 2.24) is 60.0 Å². The van der Waals surface area contributed by atoms with Crippen molar-refractivity contribution in [3.8, 4) is 22.8 Å². The molecule has 0 N–H and O–H groups in total. The second-order valence-corrected chi connectivity index (χ2v) is 7.84. The Balaban J connectivity index is 1.67. The summed E-state index contributed by atoms with van der Waals surface area (Å²) in [5.74, 6) is 1.09. The summed E-state index contributed by atoms with van der Waals surface area (Å²) in [5, 5.41) is 35.5. The molecule has 4 aromatic rings. The van der Waals surface area contributed by atoms with Crippen LogP contribution in [0.25, 0.3) is 22.8 Å². The summed E-state index contributed by atoms with van der Waals surface area (Å²) in [6, 6.07) is 0. The number of hydrogen-bond acceptors (Lipinski definition) is 10. The summed E-state index contributed by atoms with van der Waals surface area (Å²) in [4.78, 5) is 2.87. The van der Waals surface area contributed by atoms with E-state index in [1.54, 1.807) is 48.1 Å². The van der Waals surface area contributed by atoms with Crippen molar-refractivity contribution in [2.75, 3.05) is 0 Å². The molecule has 0 aliphatic rings. The molecule has 0 saturated heterocycles. The van der Waals surface area contributed by atoms with Crippen molar-refractivity contribution in [2.45, 2.75) is 37.0 Å². The Kier molecular flexibility index (Phi) is 5.13. The number of aryl methyl sites for hydroxylation is 4. The molecule has 28 heavy (non-hydrogen) atoms. The molecular formula is C14H18N12S2. The van der Waals surface area contributed by atoms with E-state index >= 15 is 0 Å². The Labute approximate surface area is 168 Å². The Morgan fingerprint density at radius 1 is 0.750 bits per heavy atom. The van der Waals surface area contributed by atoms with Gasteiger partial charge in [0.2, 0.25) is 11.6 Å². The van der Waals surface area contributed by atoms with Crippen molar-refractivity contribution in [2.24, 2.45) is 14.1 Å². The van der Waals surface area contributed by atoms with Gasteiger partial charge >= 0.3 is 0 Å². The van der Waals surface area contributed by atoms with Gasteiger partial charge in [-0.3, -0.25) is 9.36 Å². The zero-order valence-electron chi connectivity index (χ0n) is 15.8. The van der Waals surface area contributed by atoms with Gasteiger partial charge in [0.1, 0.15) is 10.1 Å². The molecule has 0 aliphatic heterocycles. The number of aromatic nitrogens is 12. The van der Waals surface area contributed by atoms with Crippen LogP contribution in [0, 0.1) is 0 Å². The van der Waals surface area contributed by atoms with Gasteiger partial charge in [-0.1, -0.05) is 0 Å². The second-order valence-electron chi connectivity index (χ2n) is 5.73. The predicted molar refractivity (Wildman–Crippen MR) is 103 cm³/mol. The van der Waals surface area contributed by atoms with Crippen LogP contribution in [-0.4, -0.2) is 60.0 Å². The van der Waals surface area contributed by atoms with Gasteiger partial charge in [0, 0.05) is 13.1 Å². The molecule has 0 atom stereocenters.